The summed E-state index contributed by atoms with van der Waals surface area (Å²) in [4.78, 5) is 23.1. The largest absolute Gasteiger partial charge is 0.488 e. The fourth-order valence-electron chi connectivity index (χ4n) is 4.67. The van der Waals surface area contributed by atoms with Gasteiger partial charge in [-0.3, -0.25) is 9.78 Å². The van der Waals surface area contributed by atoms with Crippen LogP contribution in [0.3, 0.4) is 0 Å². The van der Waals surface area contributed by atoms with Crippen LogP contribution in [-0.2, 0) is 11.2 Å². The Morgan fingerprint density at radius 1 is 1.34 bits per heavy atom. The Morgan fingerprint density at radius 2 is 2.20 bits per heavy atom. The third-order valence-corrected chi connectivity index (χ3v) is 6.95. The number of benzene rings is 1. The quantitative estimate of drug-likeness (QED) is 0.475. The fourth-order valence-corrected chi connectivity index (χ4v) is 4.84. The number of aromatic nitrogens is 2. The van der Waals surface area contributed by atoms with E-state index in [0.717, 1.165) is 41.3 Å². The van der Waals surface area contributed by atoms with E-state index in [2.05, 4.69) is 32.5 Å². The molecule has 0 bridgehead atoms. The number of morpholine rings is 1. The van der Waals surface area contributed by atoms with Crippen molar-refractivity contribution in [2.24, 2.45) is 0 Å². The lowest BCUT2D eigenvalue weighted by atomic mass is 10.0. The van der Waals surface area contributed by atoms with Gasteiger partial charge in [0.15, 0.2) is 0 Å². The first-order valence-electron chi connectivity index (χ1n) is 11.9. The van der Waals surface area contributed by atoms with Crippen LogP contribution >= 0.6 is 11.6 Å². The van der Waals surface area contributed by atoms with Crippen LogP contribution in [0.5, 0.6) is 5.75 Å². The molecule has 0 spiro atoms. The molecule has 184 valence electrons. The van der Waals surface area contributed by atoms with E-state index in [-0.39, 0.29) is 18.1 Å². The smallest absolute Gasteiger partial charge is 0.255 e. The third kappa shape index (κ3) is 4.87. The summed E-state index contributed by atoms with van der Waals surface area (Å²) in [5.74, 6) is 0.515. The number of pyridine rings is 1. The van der Waals surface area contributed by atoms with E-state index >= 15 is 0 Å². The minimum atomic E-state index is -0.112. The zero-order valence-corrected chi connectivity index (χ0v) is 20.9. The van der Waals surface area contributed by atoms with Gasteiger partial charge >= 0.3 is 0 Å². The number of anilines is 2. The highest BCUT2D eigenvalue weighted by atomic mass is 35.5. The van der Waals surface area contributed by atoms with E-state index in [1.54, 1.807) is 12.4 Å². The molecule has 2 atom stereocenters. The molecule has 3 aromatic rings. The molecule has 0 saturated carbocycles. The number of likely N-dealkylation sites (N-methyl/N-ethyl adjacent to an activating group) is 1. The van der Waals surface area contributed by atoms with Crippen molar-refractivity contribution in [3.8, 4) is 17.0 Å². The summed E-state index contributed by atoms with van der Waals surface area (Å²) in [7, 11) is 2.08. The van der Waals surface area contributed by atoms with Crippen molar-refractivity contribution < 1.29 is 14.3 Å². The number of carbonyl (C=O) groups excluding carboxylic acids is 1. The van der Waals surface area contributed by atoms with Crippen molar-refractivity contribution in [2.45, 2.75) is 32.4 Å². The summed E-state index contributed by atoms with van der Waals surface area (Å²) in [6, 6.07) is 7.63. The molecule has 2 aromatic heterocycles. The molecular weight excluding hydrogens is 466 g/mol. The second kappa shape index (κ2) is 9.89. The molecule has 1 saturated heterocycles. The molecule has 1 fully saturated rings. The van der Waals surface area contributed by atoms with Crippen LogP contribution in [0.4, 0.5) is 11.4 Å². The van der Waals surface area contributed by atoms with Gasteiger partial charge < -0.3 is 30.0 Å². The number of rotatable bonds is 6. The molecule has 8 nitrogen and oxygen atoms in total. The number of ether oxygens (including phenoxy) is 2. The molecule has 1 aromatic carbocycles. The van der Waals surface area contributed by atoms with Gasteiger partial charge in [0.2, 0.25) is 0 Å². The fraction of sp³-hybridized carbons (Fsp3) is 0.385. The van der Waals surface area contributed by atoms with Gasteiger partial charge in [-0.15, -0.1) is 0 Å². The van der Waals surface area contributed by atoms with Crippen molar-refractivity contribution in [1.82, 2.24) is 20.2 Å². The summed E-state index contributed by atoms with van der Waals surface area (Å²) >= 11 is 6.38. The summed E-state index contributed by atoms with van der Waals surface area (Å²) < 4.78 is 12.1. The number of nitrogens with one attached hydrogen (secondary N) is 3. The van der Waals surface area contributed by atoms with Crippen molar-refractivity contribution >= 4 is 28.9 Å². The van der Waals surface area contributed by atoms with E-state index < -0.39 is 0 Å². The first kappa shape index (κ1) is 23.7. The van der Waals surface area contributed by atoms with Gasteiger partial charge in [-0.1, -0.05) is 17.7 Å². The van der Waals surface area contributed by atoms with Gasteiger partial charge in [0.1, 0.15) is 18.5 Å². The van der Waals surface area contributed by atoms with Gasteiger partial charge in [-0.05, 0) is 44.7 Å². The van der Waals surface area contributed by atoms with Crippen LogP contribution in [0.2, 0.25) is 5.02 Å². The maximum atomic E-state index is 13.1. The zero-order chi connectivity index (χ0) is 24.5. The average molecular weight is 496 g/mol. The maximum absolute atomic E-state index is 13.1. The lowest BCUT2D eigenvalue weighted by Gasteiger charge is -2.30. The number of H-pyrrole nitrogens is 1. The van der Waals surface area contributed by atoms with Crippen LogP contribution in [0.1, 0.15) is 28.5 Å². The number of nitrogens with zero attached hydrogens (tertiary/aromatic N) is 2. The molecule has 0 aliphatic carbocycles. The predicted octanol–water partition coefficient (Wildman–Crippen LogP) is 4.17. The Bertz CT molecular complexity index is 1240. The molecule has 2 aliphatic rings. The summed E-state index contributed by atoms with van der Waals surface area (Å²) in [6.45, 7) is 6.78. The molecule has 9 heteroatoms. The predicted molar refractivity (Wildman–Crippen MR) is 137 cm³/mol. The highest BCUT2D eigenvalue weighted by Gasteiger charge is 2.31. The number of halogens is 1. The topological polar surface area (TPSA) is 91.5 Å². The van der Waals surface area contributed by atoms with E-state index in [1.807, 2.05) is 38.1 Å². The highest BCUT2D eigenvalue weighted by Crippen LogP contribution is 2.41. The molecule has 1 amide bonds. The number of carbonyl (C=O) groups is 1. The average Bonchev–Trinajstić information content (AvgIpc) is 3.19. The van der Waals surface area contributed by atoms with Crippen LogP contribution < -0.4 is 15.4 Å². The van der Waals surface area contributed by atoms with Crippen LogP contribution in [0, 0.1) is 6.92 Å². The first-order chi connectivity index (χ1) is 16.9. The molecule has 5 rings (SSSR count). The van der Waals surface area contributed by atoms with Crippen LogP contribution in [0.25, 0.3) is 11.3 Å². The van der Waals surface area contributed by atoms with Crippen LogP contribution in [0.15, 0.2) is 36.7 Å². The van der Waals surface area contributed by atoms with Gasteiger partial charge in [-0.25, -0.2) is 0 Å². The molecular formula is C26H30ClN5O3. The molecule has 3 N–H and O–H groups in total. The second-order valence-electron chi connectivity index (χ2n) is 9.28. The van der Waals surface area contributed by atoms with Crippen LogP contribution in [-0.4, -0.2) is 66.3 Å². The molecule has 4 heterocycles. The Morgan fingerprint density at radius 3 is 3.03 bits per heavy atom. The first-order valence-corrected chi connectivity index (χ1v) is 12.2. The maximum Gasteiger partial charge on any atom is 0.255 e. The molecule has 35 heavy (non-hydrogen) atoms. The van der Waals surface area contributed by atoms with Gasteiger partial charge in [-0.2, -0.15) is 0 Å². The second-order valence-corrected chi connectivity index (χ2v) is 9.69. The third-order valence-electron chi connectivity index (χ3n) is 6.54. The van der Waals surface area contributed by atoms with E-state index in [9.17, 15) is 4.79 Å². The monoisotopic (exact) mass is 495 g/mol. The number of amides is 1. The van der Waals surface area contributed by atoms with E-state index in [1.165, 1.54) is 0 Å². The van der Waals surface area contributed by atoms with Gasteiger partial charge in [0.05, 0.1) is 29.7 Å². The molecule has 0 radical (unpaired) electrons. The number of fused-ring (bicyclic) bond motifs is 1. The number of aromatic amines is 1. The number of hydrogen-bond donors (Lipinski definition) is 3. The standard InChI is InChI=1S/C26H30ClN5O3/c1-15-11-21-23(26(33)29-15)25(30-20-6-4-5-19(27)16(20)2)24(31-21)18-7-8-28-12-22(18)35-14-17-13-32(3)9-10-34-17/h4-8,12,15,17,30-31H,9-11,13-14H2,1-3H3,(H,29,33)/t15?,17-/m1/s1. The van der Waals surface area contributed by atoms with Crippen molar-refractivity contribution in [1.29, 1.82) is 0 Å². The SMILES string of the molecule is Cc1c(Cl)cccc1Nc1c(-c2ccncc2OC[C@H]2CN(C)CCO2)[nH]c2c1C(=O)NC(C)C2. The summed E-state index contributed by atoms with van der Waals surface area (Å²) in [6.07, 6.45) is 4.12. The Hall–Kier alpha value is -3.07. The Kier molecular flexibility index (Phi) is 6.69. The minimum Gasteiger partial charge on any atom is -0.488 e. The van der Waals surface area contributed by atoms with Crippen molar-refractivity contribution in [3.63, 3.8) is 0 Å². The summed E-state index contributed by atoms with van der Waals surface area (Å²) in [5, 5.41) is 7.19. The van der Waals surface area contributed by atoms with Crippen molar-refractivity contribution in [2.75, 3.05) is 38.7 Å². The molecule has 1 unspecified atom stereocenters. The van der Waals surface area contributed by atoms with Crippen molar-refractivity contribution in [3.05, 3.63) is 58.5 Å². The Balaban J connectivity index is 1.54. The lowest BCUT2D eigenvalue weighted by Crippen LogP contribution is -2.42. The minimum absolute atomic E-state index is 0.0167. The molecule has 2 aliphatic heterocycles. The van der Waals surface area contributed by atoms with Gasteiger partial charge in [0.25, 0.3) is 5.91 Å². The number of hydrogen-bond acceptors (Lipinski definition) is 6. The Labute approximate surface area is 210 Å². The zero-order valence-electron chi connectivity index (χ0n) is 20.2. The van der Waals surface area contributed by atoms with E-state index in [0.29, 0.717) is 41.7 Å². The highest BCUT2D eigenvalue weighted by molar-refractivity contribution is 6.31. The summed E-state index contributed by atoms with van der Waals surface area (Å²) in [5.41, 5.74) is 5.53. The van der Waals surface area contributed by atoms with E-state index in [4.69, 9.17) is 21.1 Å². The lowest BCUT2D eigenvalue weighted by molar-refractivity contribution is -0.0403. The van der Waals surface area contributed by atoms with Gasteiger partial charge in [0, 0.05) is 53.7 Å². The normalized spacial score (nSPS) is 20.3.